The summed E-state index contributed by atoms with van der Waals surface area (Å²) in [6.07, 6.45) is 9.46. The number of allylic oxidation sites excluding steroid dienone is 4. The van der Waals surface area contributed by atoms with Gasteiger partial charge in [-0.3, -0.25) is 4.79 Å². The maximum atomic E-state index is 13.6. The zero-order valence-corrected chi connectivity index (χ0v) is 35.0. The summed E-state index contributed by atoms with van der Waals surface area (Å²) in [5.41, 5.74) is 1.30. The maximum Gasteiger partial charge on any atom is 0.341 e. The van der Waals surface area contributed by atoms with Crippen molar-refractivity contribution < 1.29 is 33.0 Å². The molecule has 0 unspecified atom stereocenters. The summed E-state index contributed by atoms with van der Waals surface area (Å²) in [5.74, 6) is 0.175. The predicted molar refractivity (Wildman–Crippen MR) is 221 cm³/mol. The van der Waals surface area contributed by atoms with Crippen LogP contribution in [0.1, 0.15) is 72.8 Å². The summed E-state index contributed by atoms with van der Waals surface area (Å²) in [4.78, 5) is 26.3. The molecule has 3 aromatic rings. The lowest BCUT2D eigenvalue weighted by atomic mass is 9.67. The molecule has 1 heterocycles. The number of methoxy groups -OCH3 is 1. The van der Waals surface area contributed by atoms with Gasteiger partial charge in [-0.2, -0.15) is 0 Å². The van der Waals surface area contributed by atoms with Crippen molar-refractivity contribution in [2.24, 2.45) is 41.4 Å². The van der Waals surface area contributed by atoms with Crippen LogP contribution in [0.2, 0.25) is 5.04 Å². The van der Waals surface area contributed by atoms with E-state index >= 15 is 0 Å². The van der Waals surface area contributed by atoms with Gasteiger partial charge in [0.05, 0.1) is 25.7 Å². The first-order chi connectivity index (χ1) is 26.8. The minimum absolute atomic E-state index is 0.0224. The first-order valence-corrected chi connectivity index (χ1v) is 22.2. The Hall–Kier alpha value is -4.40. The van der Waals surface area contributed by atoms with Crippen molar-refractivity contribution in [3.8, 4) is 5.75 Å². The Labute approximate surface area is 334 Å². The molecule has 1 aliphatic heterocycles. The molecule has 0 aromatic heterocycles. The number of cyclic esters (lactones) is 1. The van der Waals surface area contributed by atoms with Gasteiger partial charge in [-0.1, -0.05) is 125 Å². The molecule has 2 saturated carbocycles. The summed E-state index contributed by atoms with van der Waals surface area (Å²) in [6, 6.07) is 29.9. The van der Waals surface area contributed by atoms with E-state index in [1.807, 2.05) is 6.08 Å². The fraction of sp³-hybridized carbons (Fsp3) is 0.458. The van der Waals surface area contributed by atoms with Gasteiger partial charge in [0.1, 0.15) is 17.6 Å². The van der Waals surface area contributed by atoms with Crippen molar-refractivity contribution in [3.05, 3.63) is 127 Å². The lowest BCUT2D eigenvalue weighted by Crippen LogP contribution is -2.66. The third-order valence-corrected chi connectivity index (χ3v) is 17.8. The number of hydrogen-bond acceptors (Lipinski definition) is 7. The highest BCUT2D eigenvalue weighted by molar-refractivity contribution is 6.99. The Bertz CT molecular complexity index is 1900. The van der Waals surface area contributed by atoms with E-state index in [1.165, 1.54) is 17.5 Å². The first kappa shape index (κ1) is 39.8. The topological polar surface area (TPSA) is 80.3 Å². The lowest BCUT2D eigenvalue weighted by molar-refractivity contribution is -0.214. The van der Waals surface area contributed by atoms with Crippen molar-refractivity contribution in [2.45, 2.75) is 90.8 Å². The smallest absolute Gasteiger partial charge is 0.341 e. The molecule has 7 rings (SSSR count). The van der Waals surface area contributed by atoms with E-state index in [2.05, 4.69) is 131 Å². The van der Waals surface area contributed by atoms with E-state index in [9.17, 15) is 9.59 Å². The number of esters is 2. The number of ether oxygens (including phenoxy) is 4. The van der Waals surface area contributed by atoms with Gasteiger partial charge in [0.25, 0.3) is 8.32 Å². The summed E-state index contributed by atoms with van der Waals surface area (Å²) < 4.78 is 31.7. The maximum absolute atomic E-state index is 13.6. The van der Waals surface area contributed by atoms with E-state index in [0.717, 1.165) is 30.6 Å². The van der Waals surface area contributed by atoms with Crippen LogP contribution in [0.3, 0.4) is 0 Å². The summed E-state index contributed by atoms with van der Waals surface area (Å²) in [7, 11) is -1.39. The van der Waals surface area contributed by atoms with Crippen molar-refractivity contribution in [3.63, 3.8) is 0 Å². The molecule has 8 atom stereocenters. The Balaban J connectivity index is 1.22. The fourth-order valence-corrected chi connectivity index (χ4v) is 14.9. The minimum atomic E-state index is -2.71. The van der Waals surface area contributed by atoms with Gasteiger partial charge in [-0.15, -0.1) is 6.58 Å². The van der Waals surface area contributed by atoms with Crippen molar-refractivity contribution >= 4 is 30.6 Å². The van der Waals surface area contributed by atoms with Crippen LogP contribution in [0.15, 0.2) is 121 Å². The zero-order valence-electron chi connectivity index (χ0n) is 34.0. The van der Waals surface area contributed by atoms with E-state index in [1.54, 1.807) is 13.8 Å². The van der Waals surface area contributed by atoms with E-state index < -0.39 is 26.0 Å². The van der Waals surface area contributed by atoms with Crippen LogP contribution in [-0.2, 0) is 34.8 Å². The second-order valence-corrected chi connectivity index (χ2v) is 22.1. The first-order valence-electron chi connectivity index (χ1n) is 20.3. The average molecular weight is 775 g/mol. The highest BCUT2D eigenvalue weighted by Gasteiger charge is 2.59. The van der Waals surface area contributed by atoms with Gasteiger partial charge in [0, 0.05) is 31.6 Å². The molecule has 0 amide bonds. The molecule has 4 aliphatic rings. The lowest BCUT2D eigenvalue weighted by Gasteiger charge is -2.44. The van der Waals surface area contributed by atoms with Gasteiger partial charge >= 0.3 is 11.9 Å². The highest BCUT2D eigenvalue weighted by Crippen LogP contribution is 2.59. The predicted octanol–water partition coefficient (Wildman–Crippen LogP) is 8.92. The molecular weight excluding hydrogens is 717 g/mol. The number of carbonyl (C=O) groups excluding carboxylic acids is 2. The van der Waals surface area contributed by atoms with Crippen LogP contribution in [0.4, 0.5) is 0 Å². The van der Waals surface area contributed by atoms with E-state index in [-0.39, 0.29) is 46.8 Å². The van der Waals surface area contributed by atoms with Crippen LogP contribution in [0.5, 0.6) is 5.75 Å². The summed E-state index contributed by atoms with van der Waals surface area (Å²) >= 11 is 0. The number of rotatable bonds is 11. The number of fused-ring (bicyclic) bond motifs is 3. The molecule has 296 valence electrons. The van der Waals surface area contributed by atoms with Crippen LogP contribution < -0.4 is 15.1 Å². The van der Waals surface area contributed by atoms with Crippen LogP contribution in [0.25, 0.3) is 0 Å². The number of carbonyl (C=O) groups is 2. The molecule has 0 bridgehead atoms. The second-order valence-electron chi connectivity index (χ2n) is 17.8. The van der Waals surface area contributed by atoms with Crippen molar-refractivity contribution in [2.75, 3.05) is 7.11 Å². The van der Waals surface area contributed by atoms with Crippen LogP contribution >= 0.6 is 0 Å². The van der Waals surface area contributed by atoms with Crippen LogP contribution in [-0.4, -0.2) is 39.3 Å². The van der Waals surface area contributed by atoms with Crippen molar-refractivity contribution in [1.29, 1.82) is 0 Å². The van der Waals surface area contributed by atoms with E-state index in [4.69, 9.17) is 23.4 Å². The van der Waals surface area contributed by atoms with Gasteiger partial charge in [0.15, 0.2) is 0 Å². The molecule has 8 heteroatoms. The molecule has 3 aromatic carbocycles. The third kappa shape index (κ3) is 7.54. The van der Waals surface area contributed by atoms with Gasteiger partial charge in [-0.25, -0.2) is 4.79 Å². The molecule has 2 fully saturated rings. The standard InChI is InChI=1S/C48H58O7Si/c1-9-33-23-27-37-39-28-31(2)20-26-38(39)44(43(37)42(33)45-40(29-41(49)51-8)46(50)55-48(6,7)54-45)53-34-24-21-32(22-25-34)30-52-56(47(3,4)5,35-16-12-10-13-17-35)36-18-14-11-15-19-36/h9-19,21-25,27,31,33,37-39,42-44H,1,20,26,28-30H2,2-8H3/t31-,33+,37+,38-,39+,42+,43+,44+/m1/s1. The molecule has 0 saturated heterocycles. The molecule has 0 spiro atoms. The number of benzene rings is 3. The SMILES string of the molecule is C=C[C@H]1C=C[C@H]2[C@@H]3C[C@H](C)CC[C@H]3[C@H](Oc3ccc(CO[Si](c4ccccc4)(c4ccccc4)C(C)(C)C)cc3)[C@@H]2[C@H]1C1=C(CC(=O)OC)C(=O)OC(C)(C)O1. The fourth-order valence-electron chi connectivity index (χ4n) is 10.3. The average Bonchev–Trinajstić information content (AvgIpc) is 3.48. The molecule has 7 nitrogen and oxygen atoms in total. The zero-order chi connectivity index (χ0) is 39.8. The highest BCUT2D eigenvalue weighted by atomic mass is 28.4. The quantitative estimate of drug-likeness (QED) is 0.109. The minimum Gasteiger partial charge on any atom is -0.490 e. The molecule has 3 aliphatic carbocycles. The normalized spacial score (nSPS) is 28.4. The number of hydrogen-bond donors (Lipinski definition) is 0. The second kappa shape index (κ2) is 15.9. The Morgan fingerprint density at radius 3 is 2.14 bits per heavy atom. The monoisotopic (exact) mass is 774 g/mol. The van der Waals surface area contributed by atoms with Crippen LogP contribution in [0, 0.1) is 41.4 Å². The van der Waals surface area contributed by atoms with Gasteiger partial charge < -0.3 is 23.4 Å². The Morgan fingerprint density at radius 1 is 0.911 bits per heavy atom. The Kier molecular flexibility index (Phi) is 11.3. The third-order valence-electron chi connectivity index (χ3n) is 12.8. The largest absolute Gasteiger partial charge is 0.490 e. The molecule has 0 N–H and O–H groups in total. The van der Waals surface area contributed by atoms with E-state index in [0.29, 0.717) is 30.1 Å². The molecule has 56 heavy (non-hydrogen) atoms. The van der Waals surface area contributed by atoms with Crippen molar-refractivity contribution in [1.82, 2.24) is 0 Å². The molecule has 0 radical (unpaired) electrons. The summed E-state index contributed by atoms with van der Waals surface area (Å²) in [5, 5.41) is 2.38. The van der Waals surface area contributed by atoms with Gasteiger partial charge in [0.2, 0.25) is 5.79 Å². The Morgan fingerprint density at radius 2 is 1.55 bits per heavy atom. The van der Waals surface area contributed by atoms with Gasteiger partial charge in [-0.05, 0) is 69.6 Å². The summed E-state index contributed by atoms with van der Waals surface area (Å²) in [6.45, 7) is 17.4. The molecular formula is C48H58O7Si.